The molecule has 0 aliphatic heterocycles. The molecule has 1 aromatic heterocycles. The summed E-state index contributed by atoms with van der Waals surface area (Å²) < 4.78 is 2.28. The second-order valence-electron chi connectivity index (χ2n) is 4.49. The van der Waals surface area contributed by atoms with Crippen LogP contribution in [0.25, 0.3) is 0 Å². The van der Waals surface area contributed by atoms with Crippen LogP contribution in [-0.4, -0.2) is 10.6 Å². The molecule has 0 radical (unpaired) electrons. The molecule has 1 aromatic carbocycles. The Morgan fingerprint density at radius 1 is 1.12 bits per heavy atom. The van der Waals surface area contributed by atoms with Gasteiger partial charge in [-0.05, 0) is 24.1 Å². The van der Waals surface area contributed by atoms with Crippen molar-refractivity contribution in [1.29, 1.82) is 0 Å². The molecule has 1 atom stereocenters. The van der Waals surface area contributed by atoms with Crippen molar-refractivity contribution in [2.24, 2.45) is 5.73 Å². The zero-order valence-electron chi connectivity index (χ0n) is 10.3. The second-order valence-corrected chi connectivity index (χ2v) is 4.49. The third-order valence-electron chi connectivity index (χ3n) is 3.11. The molecule has 2 N–H and O–H groups in total. The highest BCUT2D eigenvalue weighted by atomic mass is 15.0. The van der Waals surface area contributed by atoms with Crippen molar-refractivity contribution < 1.29 is 0 Å². The van der Waals surface area contributed by atoms with E-state index in [1.165, 1.54) is 11.3 Å². The van der Waals surface area contributed by atoms with Crippen LogP contribution in [0.2, 0.25) is 0 Å². The number of aromatic nitrogens is 1. The summed E-state index contributed by atoms with van der Waals surface area (Å²) >= 11 is 0. The molecule has 0 amide bonds. The van der Waals surface area contributed by atoms with Gasteiger partial charge in [0, 0.05) is 30.9 Å². The molecule has 2 nitrogen and oxygen atoms in total. The summed E-state index contributed by atoms with van der Waals surface area (Å²) in [7, 11) is 0. The fraction of sp³-hybridized carbons (Fsp3) is 0.333. The van der Waals surface area contributed by atoms with Gasteiger partial charge in [0.25, 0.3) is 0 Å². The maximum atomic E-state index is 6.01. The van der Waals surface area contributed by atoms with Gasteiger partial charge in [-0.3, -0.25) is 0 Å². The first kappa shape index (κ1) is 11.9. The molecule has 0 aliphatic rings. The van der Waals surface area contributed by atoms with E-state index in [-0.39, 0.29) is 6.04 Å². The lowest BCUT2D eigenvalue weighted by Gasteiger charge is -2.12. The van der Waals surface area contributed by atoms with Crippen molar-refractivity contribution in [3.63, 3.8) is 0 Å². The predicted octanol–water partition coefficient (Wildman–Crippen LogP) is 2.82. The van der Waals surface area contributed by atoms with Crippen molar-refractivity contribution >= 4 is 0 Å². The van der Waals surface area contributed by atoms with E-state index in [0.717, 1.165) is 19.4 Å². The standard InChI is InChI=1S/C15H20N2/c1-2-14(16)11-15-9-6-10-17(15)12-13-7-4-3-5-8-13/h3-10,14H,2,11-12,16H2,1H3. The SMILES string of the molecule is CCC(N)Cc1cccn1Cc1ccccc1. The fourth-order valence-corrected chi connectivity index (χ4v) is 1.98. The molecule has 0 aliphatic carbocycles. The van der Waals surface area contributed by atoms with Crippen LogP contribution in [0, 0.1) is 0 Å². The third kappa shape index (κ3) is 3.21. The first-order chi connectivity index (χ1) is 8.29. The van der Waals surface area contributed by atoms with Crippen molar-refractivity contribution in [1.82, 2.24) is 4.57 Å². The van der Waals surface area contributed by atoms with E-state index in [1.54, 1.807) is 0 Å². The van der Waals surface area contributed by atoms with Gasteiger partial charge in [0.2, 0.25) is 0 Å². The topological polar surface area (TPSA) is 30.9 Å². The molecule has 0 spiro atoms. The zero-order chi connectivity index (χ0) is 12.1. The van der Waals surface area contributed by atoms with Crippen LogP contribution >= 0.6 is 0 Å². The van der Waals surface area contributed by atoms with Gasteiger partial charge in [-0.25, -0.2) is 0 Å². The minimum atomic E-state index is 0.263. The highest BCUT2D eigenvalue weighted by molar-refractivity contribution is 5.18. The van der Waals surface area contributed by atoms with Crippen LogP contribution in [-0.2, 0) is 13.0 Å². The average molecular weight is 228 g/mol. The van der Waals surface area contributed by atoms with Gasteiger partial charge in [-0.15, -0.1) is 0 Å². The molecule has 1 heterocycles. The quantitative estimate of drug-likeness (QED) is 0.838. The summed E-state index contributed by atoms with van der Waals surface area (Å²) in [5, 5.41) is 0. The number of nitrogens with zero attached hydrogens (tertiary/aromatic N) is 1. The van der Waals surface area contributed by atoms with Gasteiger partial charge in [0.15, 0.2) is 0 Å². The first-order valence-electron chi connectivity index (χ1n) is 6.23. The van der Waals surface area contributed by atoms with Crippen LogP contribution in [0.1, 0.15) is 24.6 Å². The number of hydrogen-bond acceptors (Lipinski definition) is 1. The second kappa shape index (κ2) is 5.69. The number of hydrogen-bond donors (Lipinski definition) is 1. The smallest absolute Gasteiger partial charge is 0.0472 e. The molecule has 2 aromatic rings. The van der Waals surface area contributed by atoms with E-state index in [9.17, 15) is 0 Å². The molecule has 2 heteroatoms. The summed E-state index contributed by atoms with van der Waals surface area (Å²) in [6.07, 6.45) is 4.11. The van der Waals surface area contributed by atoms with Gasteiger partial charge >= 0.3 is 0 Å². The van der Waals surface area contributed by atoms with E-state index in [4.69, 9.17) is 5.73 Å². The molecule has 0 saturated heterocycles. The Kier molecular flexibility index (Phi) is 3.99. The summed E-state index contributed by atoms with van der Waals surface area (Å²) in [4.78, 5) is 0. The largest absolute Gasteiger partial charge is 0.347 e. The lowest BCUT2D eigenvalue weighted by Crippen LogP contribution is -2.23. The van der Waals surface area contributed by atoms with Gasteiger partial charge in [0.05, 0.1) is 0 Å². The normalized spacial score (nSPS) is 12.6. The Morgan fingerprint density at radius 2 is 1.88 bits per heavy atom. The van der Waals surface area contributed by atoms with E-state index < -0.39 is 0 Å². The van der Waals surface area contributed by atoms with Crippen LogP contribution in [0.4, 0.5) is 0 Å². The van der Waals surface area contributed by atoms with Crippen LogP contribution in [0.3, 0.4) is 0 Å². The molecular formula is C15H20N2. The van der Waals surface area contributed by atoms with E-state index in [0.29, 0.717) is 0 Å². The Balaban J connectivity index is 2.09. The molecule has 90 valence electrons. The minimum Gasteiger partial charge on any atom is -0.347 e. The van der Waals surface area contributed by atoms with Crippen molar-refractivity contribution in [2.45, 2.75) is 32.4 Å². The molecule has 17 heavy (non-hydrogen) atoms. The Hall–Kier alpha value is -1.54. The summed E-state index contributed by atoms with van der Waals surface area (Å²) in [6, 6.07) is 15.0. The monoisotopic (exact) mass is 228 g/mol. The van der Waals surface area contributed by atoms with Gasteiger partial charge in [-0.2, -0.15) is 0 Å². The molecular weight excluding hydrogens is 208 g/mol. The Labute approximate surface area is 103 Å². The van der Waals surface area contributed by atoms with Gasteiger partial charge in [-0.1, -0.05) is 37.3 Å². The van der Waals surface area contributed by atoms with Crippen molar-refractivity contribution in [3.8, 4) is 0 Å². The average Bonchev–Trinajstić information content (AvgIpc) is 2.78. The van der Waals surface area contributed by atoms with Crippen molar-refractivity contribution in [2.75, 3.05) is 0 Å². The van der Waals surface area contributed by atoms with Gasteiger partial charge < -0.3 is 10.3 Å². The Morgan fingerprint density at radius 3 is 2.59 bits per heavy atom. The van der Waals surface area contributed by atoms with Gasteiger partial charge in [0.1, 0.15) is 0 Å². The van der Waals surface area contributed by atoms with E-state index in [1.807, 2.05) is 6.07 Å². The highest BCUT2D eigenvalue weighted by Crippen LogP contribution is 2.10. The van der Waals surface area contributed by atoms with Crippen LogP contribution in [0.15, 0.2) is 48.7 Å². The molecule has 0 fully saturated rings. The van der Waals surface area contributed by atoms with Crippen LogP contribution in [0.5, 0.6) is 0 Å². The molecule has 1 unspecified atom stereocenters. The summed E-state index contributed by atoms with van der Waals surface area (Å²) in [5.74, 6) is 0. The van der Waals surface area contributed by atoms with E-state index >= 15 is 0 Å². The first-order valence-corrected chi connectivity index (χ1v) is 6.23. The maximum absolute atomic E-state index is 6.01. The fourth-order valence-electron chi connectivity index (χ4n) is 1.98. The highest BCUT2D eigenvalue weighted by Gasteiger charge is 2.06. The molecule has 0 saturated carbocycles. The molecule has 2 rings (SSSR count). The lowest BCUT2D eigenvalue weighted by atomic mass is 10.1. The Bertz CT molecular complexity index is 445. The third-order valence-corrected chi connectivity index (χ3v) is 3.11. The maximum Gasteiger partial charge on any atom is 0.0472 e. The lowest BCUT2D eigenvalue weighted by molar-refractivity contribution is 0.610. The van der Waals surface area contributed by atoms with E-state index in [2.05, 4.69) is 54.1 Å². The number of nitrogens with two attached hydrogens (primary N) is 1. The minimum absolute atomic E-state index is 0.263. The predicted molar refractivity (Wildman–Crippen MR) is 71.9 cm³/mol. The molecule has 0 bridgehead atoms. The summed E-state index contributed by atoms with van der Waals surface area (Å²) in [5.41, 5.74) is 8.66. The summed E-state index contributed by atoms with van der Waals surface area (Å²) in [6.45, 7) is 3.06. The number of rotatable bonds is 5. The number of benzene rings is 1. The zero-order valence-corrected chi connectivity index (χ0v) is 10.3. The van der Waals surface area contributed by atoms with Crippen molar-refractivity contribution in [3.05, 3.63) is 59.9 Å². The van der Waals surface area contributed by atoms with Crippen LogP contribution < -0.4 is 5.73 Å².